The second-order valence-electron chi connectivity index (χ2n) is 5.73. The van der Waals surface area contributed by atoms with Crippen molar-refractivity contribution < 1.29 is 44.6 Å². The molecule has 1 heterocycles. The number of para-hydroxylation sites is 1. The molecule has 0 saturated carbocycles. The molecule has 0 spiro atoms. The van der Waals surface area contributed by atoms with Crippen molar-refractivity contribution in [1.82, 2.24) is 9.36 Å². The first-order valence-corrected chi connectivity index (χ1v) is 7.82. The number of aromatic hydroxyl groups is 1. The molecule has 0 aliphatic heterocycles. The molecule has 1 aromatic heterocycles. The van der Waals surface area contributed by atoms with Crippen molar-refractivity contribution in [3.8, 4) is 11.4 Å². The number of nitrogens with zero attached hydrogens (tertiary/aromatic N) is 3. The third-order valence-corrected chi connectivity index (χ3v) is 4.11. The molecule has 3 rings (SSSR count). The smallest absolute Gasteiger partial charge is 0.545 e. The predicted octanol–water partition coefficient (Wildman–Crippen LogP) is -1.69. The minimum atomic E-state index is -1.49. The van der Waals surface area contributed by atoms with E-state index in [4.69, 9.17) is 0 Å². The van der Waals surface area contributed by atoms with Crippen LogP contribution in [0, 0.1) is 6.92 Å². The molecule has 0 atom stereocenters. The molecular formula is C19H16N3NaO4. The minimum Gasteiger partial charge on any atom is -0.545 e. The molecule has 0 fully saturated rings. The Hall–Kier alpha value is -2.61. The number of carboxylic acids is 1. The summed E-state index contributed by atoms with van der Waals surface area (Å²) in [5.41, 5.74) is 1.43. The van der Waals surface area contributed by atoms with E-state index in [0.717, 1.165) is 0 Å². The molecule has 7 nitrogen and oxygen atoms in total. The summed E-state index contributed by atoms with van der Waals surface area (Å²) in [5, 5.41) is 20.5. The average molecular weight is 373 g/mol. The first kappa shape index (κ1) is 20.7. The topological polar surface area (TPSA) is 99.7 Å². The van der Waals surface area contributed by atoms with Crippen molar-refractivity contribution in [1.29, 1.82) is 0 Å². The van der Waals surface area contributed by atoms with Gasteiger partial charge in [-0.2, -0.15) is 0 Å². The van der Waals surface area contributed by atoms with Crippen LogP contribution < -0.4 is 40.2 Å². The molecule has 0 radical (unpaired) electrons. The Kier molecular flexibility index (Phi) is 6.43. The summed E-state index contributed by atoms with van der Waals surface area (Å²) >= 11 is 0. The van der Waals surface area contributed by atoms with Gasteiger partial charge in [0, 0.05) is 18.8 Å². The van der Waals surface area contributed by atoms with Gasteiger partial charge in [-0.1, -0.05) is 18.2 Å². The second-order valence-corrected chi connectivity index (χ2v) is 5.73. The second kappa shape index (κ2) is 8.39. The van der Waals surface area contributed by atoms with E-state index in [2.05, 4.69) is 4.99 Å². The monoisotopic (exact) mass is 373 g/mol. The number of carboxylic acid groups (broad SMARTS) is 1. The molecule has 0 bridgehead atoms. The van der Waals surface area contributed by atoms with Crippen molar-refractivity contribution in [2.75, 3.05) is 0 Å². The van der Waals surface area contributed by atoms with Crippen molar-refractivity contribution in [2.24, 2.45) is 12.0 Å². The van der Waals surface area contributed by atoms with Crippen molar-refractivity contribution in [2.45, 2.75) is 6.92 Å². The Morgan fingerprint density at radius 2 is 1.85 bits per heavy atom. The van der Waals surface area contributed by atoms with E-state index in [9.17, 15) is 19.8 Å². The summed E-state index contributed by atoms with van der Waals surface area (Å²) in [4.78, 5) is 28.0. The zero-order valence-electron chi connectivity index (χ0n) is 15.2. The van der Waals surface area contributed by atoms with Crippen LogP contribution in [-0.4, -0.2) is 26.7 Å². The number of aromatic nitrogens is 2. The third kappa shape index (κ3) is 4.05. The maximum atomic E-state index is 12.7. The van der Waals surface area contributed by atoms with Gasteiger partial charge >= 0.3 is 29.6 Å². The summed E-state index contributed by atoms with van der Waals surface area (Å²) in [6.45, 7) is 1.77. The molecule has 0 unspecified atom stereocenters. The predicted molar refractivity (Wildman–Crippen MR) is 95.4 cm³/mol. The maximum absolute atomic E-state index is 12.7. The van der Waals surface area contributed by atoms with Gasteiger partial charge < -0.3 is 15.0 Å². The molecule has 8 heteroatoms. The quantitative estimate of drug-likeness (QED) is 0.436. The van der Waals surface area contributed by atoms with E-state index in [1.54, 1.807) is 18.7 Å². The van der Waals surface area contributed by atoms with Gasteiger partial charge in [-0.3, -0.25) is 9.48 Å². The van der Waals surface area contributed by atoms with Gasteiger partial charge in [0.25, 0.3) is 5.56 Å². The van der Waals surface area contributed by atoms with Crippen molar-refractivity contribution in [3.05, 3.63) is 75.7 Å². The molecule has 0 saturated heterocycles. The van der Waals surface area contributed by atoms with Crippen LogP contribution in [-0.2, 0) is 7.05 Å². The van der Waals surface area contributed by atoms with Gasteiger partial charge in [-0.25, -0.2) is 9.67 Å². The van der Waals surface area contributed by atoms with E-state index in [0.29, 0.717) is 16.9 Å². The molecule has 0 aliphatic rings. The molecule has 132 valence electrons. The number of carbonyl (C=O) groups is 1. The summed E-state index contributed by atoms with van der Waals surface area (Å²) < 4.78 is 3.21. The Balaban J connectivity index is 0.00000261. The SMILES string of the molecule is Cc1c(N=Cc2ccc(O)c(C(=O)[O-])c2)c(=O)n(-c2ccccc2)n1C.[Na+]. The van der Waals surface area contributed by atoms with Crippen molar-refractivity contribution in [3.63, 3.8) is 0 Å². The van der Waals surface area contributed by atoms with E-state index in [1.807, 2.05) is 30.3 Å². The fraction of sp³-hybridized carbons (Fsp3) is 0.105. The maximum Gasteiger partial charge on any atom is 1.00 e. The Morgan fingerprint density at radius 3 is 2.48 bits per heavy atom. The van der Waals surface area contributed by atoms with Crippen LogP contribution in [0.1, 0.15) is 21.6 Å². The van der Waals surface area contributed by atoms with Crippen LogP contribution in [0.25, 0.3) is 5.69 Å². The third-order valence-electron chi connectivity index (χ3n) is 4.11. The number of phenols is 1. The fourth-order valence-electron chi connectivity index (χ4n) is 2.64. The van der Waals surface area contributed by atoms with Crippen LogP contribution >= 0.6 is 0 Å². The molecule has 0 amide bonds. The van der Waals surface area contributed by atoms with Crippen molar-refractivity contribution >= 4 is 17.9 Å². The zero-order chi connectivity index (χ0) is 18.8. The van der Waals surface area contributed by atoms with Gasteiger partial charge in [0.1, 0.15) is 5.75 Å². The summed E-state index contributed by atoms with van der Waals surface area (Å²) in [5.74, 6) is -1.87. The molecular weight excluding hydrogens is 357 g/mol. The fourth-order valence-corrected chi connectivity index (χ4v) is 2.64. The van der Waals surface area contributed by atoms with Gasteiger partial charge in [0.15, 0.2) is 5.69 Å². The molecule has 27 heavy (non-hydrogen) atoms. The summed E-state index contributed by atoms with van der Waals surface area (Å²) in [6, 6.07) is 13.2. The summed E-state index contributed by atoms with van der Waals surface area (Å²) in [7, 11) is 1.76. The molecule has 2 aromatic carbocycles. The first-order chi connectivity index (χ1) is 12.4. The Labute approximate surface area is 177 Å². The van der Waals surface area contributed by atoms with E-state index >= 15 is 0 Å². The number of hydrogen-bond acceptors (Lipinski definition) is 5. The van der Waals surface area contributed by atoms with Crippen LogP contribution in [0.4, 0.5) is 5.69 Å². The van der Waals surface area contributed by atoms with Gasteiger partial charge in [0.2, 0.25) is 0 Å². The van der Waals surface area contributed by atoms with Gasteiger partial charge in [-0.15, -0.1) is 0 Å². The molecule has 0 aliphatic carbocycles. The van der Waals surface area contributed by atoms with Gasteiger partial charge in [0.05, 0.1) is 17.4 Å². The van der Waals surface area contributed by atoms with Crippen LogP contribution in [0.3, 0.4) is 0 Å². The van der Waals surface area contributed by atoms with Crippen LogP contribution in [0.2, 0.25) is 0 Å². The van der Waals surface area contributed by atoms with E-state index < -0.39 is 5.97 Å². The minimum absolute atomic E-state index is 0. The standard InChI is InChI=1S/C19H17N3O4.Na/c1-12-17(18(24)22(21(12)2)14-6-4-3-5-7-14)20-11-13-8-9-16(23)15(10-13)19(25)26;/h3-11,23H,1-2H3,(H,25,26);/q;+1/p-1. The van der Waals surface area contributed by atoms with E-state index in [-0.39, 0.29) is 52.1 Å². The average Bonchev–Trinajstić information content (AvgIpc) is 2.84. The number of aliphatic imine (C=N–C) groups is 1. The Bertz CT molecular complexity index is 1070. The number of rotatable bonds is 4. The van der Waals surface area contributed by atoms with Crippen LogP contribution in [0.15, 0.2) is 58.3 Å². The Morgan fingerprint density at radius 1 is 1.19 bits per heavy atom. The summed E-state index contributed by atoms with van der Waals surface area (Å²) in [6.07, 6.45) is 1.38. The van der Waals surface area contributed by atoms with Crippen LogP contribution in [0.5, 0.6) is 5.75 Å². The number of hydrogen-bond donors (Lipinski definition) is 1. The first-order valence-electron chi connectivity index (χ1n) is 7.82. The van der Waals surface area contributed by atoms with Gasteiger partial charge in [-0.05, 0) is 42.8 Å². The number of benzene rings is 2. The normalized spacial score (nSPS) is 10.7. The van der Waals surface area contributed by atoms with E-state index in [1.165, 1.54) is 29.1 Å². The number of aromatic carboxylic acids is 1. The zero-order valence-corrected chi connectivity index (χ0v) is 17.2. The number of carbonyl (C=O) groups excluding carboxylic acids is 1. The molecule has 1 N–H and O–H groups in total. The molecule has 3 aromatic rings. The largest absolute Gasteiger partial charge is 1.00 e.